The number of para-hydroxylation sites is 3. The minimum atomic E-state index is -0.118. The van der Waals surface area contributed by atoms with E-state index in [1.165, 1.54) is 44.1 Å². The zero-order chi connectivity index (χ0) is 39.2. The average Bonchev–Trinajstić information content (AvgIpc) is 3.90. The molecule has 0 saturated carbocycles. The molecule has 0 fully saturated rings. The van der Waals surface area contributed by atoms with Crippen molar-refractivity contribution in [1.82, 2.24) is 24.1 Å². The van der Waals surface area contributed by atoms with Crippen molar-refractivity contribution < 1.29 is 0 Å². The predicted octanol–water partition coefficient (Wildman–Crippen LogP) is 13.4. The van der Waals surface area contributed by atoms with Gasteiger partial charge in [0.1, 0.15) is 0 Å². The maximum absolute atomic E-state index is 5.32. The van der Waals surface area contributed by atoms with Crippen LogP contribution in [0.4, 0.5) is 0 Å². The third-order valence-electron chi connectivity index (χ3n) is 12.4. The van der Waals surface area contributed by atoms with Crippen molar-refractivity contribution >= 4 is 43.6 Å². The van der Waals surface area contributed by atoms with Gasteiger partial charge < -0.3 is 4.57 Å². The Kier molecular flexibility index (Phi) is 7.20. The van der Waals surface area contributed by atoms with Crippen LogP contribution < -0.4 is 0 Å². The Balaban J connectivity index is 1.09. The molecule has 3 aromatic heterocycles. The van der Waals surface area contributed by atoms with Gasteiger partial charge >= 0.3 is 0 Å². The molecule has 8 aromatic carbocycles. The molecule has 5 nitrogen and oxygen atoms in total. The molecule has 0 spiro atoms. The Labute approximate surface area is 341 Å². The molecule has 278 valence electrons. The second kappa shape index (κ2) is 12.7. The molecule has 0 amide bonds. The van der Waals surface area contributed by atoms with Gasteiger partial charge in [-0.25, -0.2) is 4.98 Å². The van der Waals surface area contributed by atoms with E-state index in [1.54, 1.807) is 0 Å². The van der Waals surface area contributed by atoms with Gasteiger partial charge in [-0.1, -0.05) is 172 Å². The first-order valence-corrected chi connectivity index (χ1v) is 20.2. The zero-order valence-electron chi connectivity index (χ0n) is 32.6. The van der Waals surface area contributed by atoms with Crippen LogP contribution in [0.1, 0.15) is 25.0 Å². The Morgan fingerprint density at radius 1 is 0.390 bits per heavy atom. The lowest BCUT2D eigenvalue weighted by Crippen LogP contribution is -2.14. The van der Waals surface area contributed by atoms with Gasteiger partial charge in [-0.3, -0.25) is 4.57 Å². The van der Waals surface area contributed by atoms with Gasteiger partial charge in [0.2, 0.25) is 5.95 Å². The van der Waals surface area contributed by atoms with Crippen LogP contribution in [0.2, 0.25) is 0 Å². The fraction of sp³-hybridized carbons (Fsp3) is 0.0556. The predicted molar refractivity (Wildman–Crippen MR) is 242 cm³/mol. The van der Waals surface area contributed by atoms with E-state index in [-0.39, 0.29) is 5.41 Å². The topological polar surface area (TPSA) is 48.5 Å². The van der Waals surface area contributed by atoms with Crippen LogP contribution in [0.15, 0.2) is 188 Å². The van der Waals surface area contributed by atoms with Crippen molar-refractivity contribution in [2.75, 3.05) is 0 Å². The van der Waals surface area contributed by atoms with Gasteiger partial charge in [0.05, 0.1) is 22.1 Å². The summed E-state index contributed by atoms with van der Waals surface area (Å²) in [4.78, 5) is 15.8. The van der Waals surface area contributed by atoms with E-state index < -0.39 is 0 Å². The largest absolute Gasteiger partial charge is 0.309 e. The van der Waals surface area contributed by atoms with Crippen molar-refractivity contribution in [3.8, 4) is 56.7 Å². The number of rotatable bonds is 5. The fourth-order valence-corrected chi connectivity index (χ4v) is 9.60. The highest BCUT2D eigenvalue weighted by Gasteiger charge is 2.37. The van der Waals surface area contributed by atoms with Gasteiger partial charge in [0, 0.05) is 49.3 Å². The maximum Gasteiger partial charge on any atom is 0.238 e. The second-order valence-electron chi connectivity index (χ2n) is 16.1. The lowest BCUT2D eigenvalue weighted by molar-refractivity contribution is 0.661. The van der Waals surface area contributed by atoms with Gasteiger partial charge in [-0.05, 0) is 58.1 Å². The van der Waals surface area contributed by atoms with Crippen LogP contribution in [0, 0.1) is 0 Å². The third-order valence-corrected chi connectivity index (χ3v) is 12.4. The third kappa shape index (κ3) is 5.01. The number of fused-ring (bicyclic) bond motifs is 10. The maximum atomic E-state index is 5.32. The average molecular weight is 756 g/mol. The highest BCUT2D eigenvalue weighted by atomic mass is 15.2. The highest BCUT2D eigenvalue weighted by Crippen LogP contribution is 2.53. The number of nitrogens with zero attached hydrogens (tertiary/aromatic N) is 5. The Morgan fingerprint density at radius 3 is 1.64 bits per heavy atom. The van der Waals surface area contributed by atoms with Crippen molar-refractivity contribution in [2.45, 2.75) is 19.3 Å². The summed E-state index contributed by atoms with van der Waals surface area (Å²) >= 11 is 0. The van der Waals surface area contributed by atoms with E-state index in [1.807, 2.05) is 6.07 Å². The van der Waals surface area contributed by atoms with Crippen LogP contribution in [0.3, 0.4) is 0 Å². The van der Waals surface area contributed by atoms with Gasteiger partial charge in [0.25, 0.3) is 0 Å². The summed E-state index contributed by atoms with van der Waals surface area (Å²) in [5, 5.41) is 4.79. The number of aromatic nitrogens is 5. The first kappa shape index (κ1) is 33.5. The molecule has 0 unspecified atom stereocenters. The Bertz CT molecular complexity index is 3410. The molecule has 12 rings (SSSR count). The number of benzene rings is 8. The number of hydrogen-bond donors (Lipinski definition) is 0. The molecule has 0 saturated heterocycles. The highest BCUT2D eigenvalue weighted by molar-refractivity contribution is 6.15. The Hall–Kier alpha value is -7.63. The van der Waals surface area contributed by atoms with Crippen LogP contribution in [-0.2, 0) is 5.41 Å². The normalized spacial score (nSPS) is 13.1. The molecule has 3 heterocycles. The zero-order valence-corrected chi connectivity index (χ0v) is 32.6. The molecule has 0 radical (unpaired) electrons. The van der Waals surface area contributed by atoms with Crippen molar-refractivity contribution in [3.63, 3.8) is 0 Å². The van der Waals surface area contributed by atoms with Crippen LogP contribution in [-0.4, -0.2) is 24.1 Å². The van der Waals surface area contributed by atoms with E-state index in [9.17, 15) is 0 Å². The number of hydrogen-bond acceptors (Lipinski definition) is 3. The molecule has 1 aliphatic rings. The molecule has 1 aliphatic carbocycles. The molecule has 0 N–H and O–H groups in total. The van der Waals surface area contributed by atoms with E-state index >= 15 is 0 Å². The van der Waals surface area contributed by atoms with Gasteiger partial charge in [0.15, 0.2) is 11.6 Å². The SMILES string of the molecule is CC1(C)c2ccccc2-c2c1ccc1c3ccccc3n(-c3cccc(-c4nc(-c5ccc(-c6ccccc6)cc5)nc(-n5c6ccccc6c6ccccc65)n4)c3)c21. The minimum Gasteiger partial charge on any atom is -0.309 e. The summed E-state index contributed by atoms with van der Waals surface area (Å²) in [5.74, 6) is 1.80. The summed E-state index contributed by atoms with van der Waals surface area (Å²) < 4.78 is 4.63. The summed E-state index contributed by atoms with van der Waals surface area (Å²) in [6, 6.07) is 67.0. The van der Waals surface area contributed by atoms with Crippen molar-refractivity contribution in [1.29, 1.82) is 0 Å². The van der Waals surface area contributed by atoms with Crippen LogP contribution in [0.5, 0.6) is 0 Å². The van der Waals surface area contributed by atoms with E-state index in [0.29, 0.717) is 17.6 Å². The van der Waals surface area contributed by atoms with Crippen LogP contribution in [0.25, 0.3) is 100 Å². The van der Waals surface area contributed by atoms with Gasteiger partial charge in [-0.15, -0.1) is 0 Å². The molecule has 11 aromatic rings. The van der Waals surface area contributed by atoms with Crippen molar-refractivity contribution in [2.24, 2.45) is 0 Å². The minimum absolute atomic E-state index is 0.118. The Morgan fingerprint density at radius 2 is 0.932 bits per heavy atom. The van der Waals surface area contributed by atoms with E-state index in [2.05, 4.69) is 205 Å². The lowest BCUT2D eigenvalue weighted by atomic mass is 9.82. The fourth-order valence-electron chi connectivity index (χ4n) is 9.60. The smallest absolute Gasteiger partial charge is 0.238 e. The molecule has 0 aliphatic heterocycles. The lowest BCUT2D eigenvalue weighted by Gasteiger charge is -2.21. The summed E-state index contributed by atoms with van der Waals surface area (Å²) in [5.41, 5.74) is 14.9. The monoisotopic (exact) mass is 755 g/mol. The summed E-state index contributed by atoms with van der Waals surface area (Å²) in [6.45, 7) is 4.69. The quantitative estimate of drug-likeness (QED) is 0.176. The molecular formula is C54H37N5. The van der Waals surface area contributed by atoms with Gasteiger partial charge in [-0.2, -0.15) is 9.97 Å². The second-order valence-corrected chi connectivity index (χ2v) is 16.1. The molecular weight excluding hydrogens is 719 g/mol. The molecule has 0 bridgehead atoms. The summed E-state index contributed by atoms with van der Waals surface area (Å²) in [6.07, 6.45) is 0. The molecule has 0 atom stereocenters. The van der Waals surface area contributed by atoms with Crippen LogP contribution >= 0.6 is 0 Å². The van der Waals surface area contributed by atoms with E-state index in [4.69, 9.17) is 15.0 Å². The first-order valence-electron chi connectivity index (χ1n) is 20.2. The van der Waals surface area contributed by atoms with E-state index in [0.717, 1.165) is 49.7 Å². The standard InChI is InChI=1S/C54H37N5/c1-54(2)44-23-10-6-22-43(44)49-45(54)32-31-42-41-21-9-11-24-46(41)58(50(42)49)38-18-14-17-37(33-38)52-55-51(36-29-27-35(28-30-36)34-15-4-3-5-16-34)56-53(57-52)59-47-25-12-7-19-39(47)40-20-8-13-26-48(40)59/h3-33H,1-2H3. The molecule has 5 heteroatoms. The first-order chi connectivity index (χ1) is 29.0. The summed E-state index contributed by atoms with van der Waals surface area (Å²) in [7, 11) is 0. The molecule has 59 heavy (non-hydrogen) atoms. The van der Waals surface area contributed by atoms with Crippen molar-refractivity contribution in [3.05, 3.63) is 199 Å².